The summed E-state index contributed by atoms with van der Waals surface area (Å²) in [7, 11) is 1.75. The quantitative estimate of drug-likeness (QED) is 0.621. The zero-order chi connectivity index (χ0) is 12.5. The molecule has 0 spiro atoms. The molecular formula is C13H28N2O2. The summed E-state index contributed by atoms with van der Waals surface area (Å²) in [4.78, 5) is 2.45. The third-order valence-corrected chi connectivity index (χ3v) is 3.46. The molecule has 0 bridgehead atoms. The Hall–Kier alpha value is -0.160. The van der Waals surface area contributed by atoms with Crippen molar-refractivity contribution in [2.75, 3.05) is 39.9 Å². The van der Waals surface area contributed by atoms with Gasteiger partial charge >= 0.3 is 0 Å². The van der Waals surface area contributed by atoms with Gasteiger partial charge in [0.25, 0.3) is 0 Å². The van der Waals surface area contributed by atoms with E-state index in [2.05, 4.69) is 17.1 Å². The molecule has 0 aromatic carbocycles. The van der Waals surface area contributed by atoms with Crippen LogP contribution in [0, 0.1) is 0 Å². The van der Waals surface area contributed by atoms with Crippen molar-refractivity contribution in [2.24, 2.45) is 0 Å². The zero-order valence-electron chi connectivity index (χ0n) is 11.3. The number of aliphatic hydroxyl groups is 1. The molecule has 0 aromatic rings. The number of likely N-dealkylation sites (tertiary alicyclic amines) is 1. The first kappa shape index (κ1) is 14.9. The van der Waals surface area contributed by atoms with Gasteiger partial charge in [-0.2, -0.15) is 0 Å². The molecule has 0 amide bonds. The van der Waals surface area contributed by atoms with E-state index in [1.807, 2.05) is 0 Å². The van der Waals surface area contributed by atoms with Crippen LogP contribution in [0.5, 0.6) is 0 Å². The summed E-state index contributed by atoms with van der Waals surface area (Å²) >= 11 is 0. The fourth-order valence-corrected chi connectivity index (χ4v) is 2.19. The second-order valence-electron chi connectivity index (χ2n) is 5.06. The predicted octanol–water partition coefficient (Wildman–Crippen LogP) is 0.848. The number of nitrogens with one attached hydrogen (secondary N) is 1. The molecule has 17 heavy (non-hydrogen) atoms. The van der Waals surface area contributed by atoms with Crippen LogP contribution in [-0.2, 0) is 4.74 Å². The first-order chi connectivity index (χ1) is 8.22. The Morgan fingerprint density at radius 1 is 1.41 bits per heavy atom. The summed E-state index contributed by atoms with van der Waals surface area (Å²) in [5, 5.41) is 12.9. The monoisotopic (exact) mass is 244 g/mol. The minimum absolute atomic E-state index is 0.0570. The maximum Gasteiger partial charge on any atom is 0.0564 e. The van der Waals surface area contributed by atoms with Crippen LogP contribution in [0.1, 0.15) is 32.6 Å². The van der Waals surface area contributed by atoms with E-state index in [0.717, 1.165) is 52.0 Å². The number of aliphatic hydroxyl groups excluding tert-OH is 1. The fraction of sp³-hybridized carbons (Fsp3) is 1.00. The maximum atomic E-state index is 9.40. The van der Waals surface area contributed by atoms with Crippen LogP contribution in [0.2, 0.25) is 0 Å². The molecule has 1 rings (SSSR count). The molecule has 0 aromatic heterocycles. The minimum Gasteiger partial charge on any atom is -0.393 e. The van der Waals surface area contributed by atoms with E-state index in [1.54, 1.807) is 7.11 Å². The average Bonchev–Trinajstić information content (AvgIpc) is 2.34. The van der Waals surface area contributed by atoms with E-state index in [0.29, 0.717) is 6.04 Å². The van der Waals surface area contributed by atoms with Crippen molar-refractivity contribution < 1.29 is 9.84 Å². The molecule has 0 saturated carbocycles. The van der Waals surface area contributed by atoms with Gasteiger partial charge in [-0.3, -0.25) is 0 Å². The molecule has 4 heteroatoms. The molecule has 1 saturated heterocycles. The highest BCUT2D eigenvalue weighted by molar-refractivity contribution is 4.71. The van der Waals surface area contributed by atoms with Crippen LogP contribution in [-0.4, -0.2) is 62.0 Å². The lowest BCUT2D eigenvalue weighted by Crippen LogP contribution is -2.38. The van der Waals surface area contributed by atoms with Crippen LogP contribution >= 0.6 is 0 Å². The Morgan fingerprint density at radius 3 is 2.76 bits per heavy atom. The third kappa shape index (κ3) is 6.99. The van der Waals surface area contributed by atoms with Gasteiger partial charge in [-0.25, -0.2) is 0 Å². The highest BCUT2D eigenvalue weighted by Gasteiger charge is 2.15. The van der Waals surface area contributed by atoms with Crippen LogP contribution < -0.4 is 5.32 Å². The van der Waals surface area contributed by atoms with Crippen molar-refractivity contribution in [3.05, 3.63) is 0 Å². The predicted molar refractivity (Wildman–Crippen MR) is 70.3 cm³/mol. The molecule has 102 valence electrons. The number of rotatable bonds is 8. The summed E-state index contributed by atoms with van der Waals surface area (Å²) in [6, 6.07) is 0.540. The molecule has 1 atom stereocenters. The molecular weight excluding hydrogens is 216 g/mol. The SMILES string of the molecule is COCCC(C)NCCCN1CCC(O)CC1. The van der Waals surface area contributed by atoms with Crippen molar-refractivity contribution in [2.45, 2.75) is 44.8 Å². The molecule has 1 fully saturated rings. The Labute approximate surface area is 105 Å². The Bertz CT molecular complexity index is 182. The lowest BCUT2D eigenvalue weighted by molar-refractivity contribution is 0.0820. The summed E-state index contributed by atoms with van der Waals surface area (Å²) in [6.45, 7) is 7.37. The first-order valence-electron chi connectivity index (χ1n) is 6.85. The van der Waals surface area contributed by atoms with Crippen molar-refractivity contribution in [1.29, 1.82) is 0 Å². The van der Waals surface area contributed by atoms with Crippen LogP contribution in [0.4, 0.5) is 0 Å². The van der Waals surface area contributed by atoms with Crippen LogP contribution in [0.25, 0.3) is 0 Å². The van der Waals surface area contributed by atoms with E-state index in [9.17, 15) is 5.11 Å². The smallest absolute Gasteiger partial charge is 0.0564 e. The number of hydrogen-bond acceptors (Lipinski definition) is 4. The molecule has 0 radical (unpaired) electrons. The lowest BCUT2D eigenvalue weighted by atomic mass is 10.1. The molecule has 4 nitrogen and oxygen atoms in total. The minimum atomic E-state index is -0.0570. The average molecular weight is 244 g/mol. The van der Waals surface area contributed by atoms with Crippen molar-refractivity contribution in [1.82, 2.24) is 10.2 Å². The van der Waals surface area contributed by atoms with E-state index in [1.165, 1.54) is 6.42 Å². The van der Waals surface area contributed by atoms with Gasteiger partial charge in [-0.1, -0.05) is 0 Å². The second-order valence-corrected chi connectivity index (χ2v) is 5.06. The Balaban J connectivity index is 1.93. The third-order valence-electron chi connectivity index (χ3n) is 3.46. The van der Waals surface area contributed by atoms with Gasteiger partial charge < -0.3 is 20.1 Å². The molecule has 2 N–H and O–H groups in total. The van der Waals surface area contributed by atoms with Crippen molar-refractivity contribution in [3.63, 3.8) is 0 Å². The summed E-state index contributed by atoms with van der Waals surface area (Å²) in [6.07, 6.45) is 4.09. The van der Waals surface area contributed by atoms with E-state index in [-0.39, 0.29) is 6.10 Å². The van der Waals surface area contributed by atoms with Crippen molar-refractivity contribution in [3.8, 4) is 0 Å². The fourth-order valence-electron chi connectivity index (χ4n) is 2.19. The molecule has 1 aliphatic heterocycles. The second kappa shape index (κ2) is 8.86. The van der Waals surface area contributed by atoms with E-state index < -0.39 is 0 Å². The number of piperidine rings is 1. The normalized spacial score (nSPS) is 20.6. The Morgan fingerprint density at radius 2 is 2.12 bits per heavy atom. The molecule has 1 aliphatic rings. The number of nitrogens with zero attached hydrogens (tertiary/aromatic N) is 1. The number of hydrogen-bond donors (Lipinski definition) is 2. The van der Waals surface area contributed by atoms with Crippen molar-refractivity contribution >= 4 is 0 Å². The number of methoxy groups -OCH3 is 1. The van der Waals surface area contributed by atoms with Gasteiger partial charge in [0.05, 0.1) is 6.10 Å². The number of ether oxygens (including phenoxy) is 1. The van der Waals surface area contributed by atoms with Gasteiger partial charge in [0.1, 0.15) is 0 Å². The summed E-state index contributed by atoms with van der Waals surface area (Å²) in [5.74, 6) is 0. The molecule has 0 aliphatic carbocycles. The van der Waals surface area contributed by atoms with Gasteiger partial charge in [-0.05, 0) is 45.7 Å². The van der Waals surface area contributed by atoms with Gasteiger partial charge in [0.15, 0.2) is 0 Å². The van der Waals surface area contributed by atoms with E-state index >= 15 is 0 Å². The van der Waals surface area contributed by atoms with Crippen LogP contribution in [0.15, 0.2) is 0 Å². The standard InChI is InChI=1S/C13H28N2O2/c1-12(6-11-17-2)14-7-3-8-15-9-4-13(16)5-10-15/h12-14,16H,3-11H2,1-2H3. The Kier molecular flexibility index (Phi) is 7.77. The zero-order valence-corrected chi connectivity index (χ0v) is 11.3. The van der Waals surface area contributed by atoms with Crippen LogP contribution in [0.3, 0.4) is 0 Å². The van der Waals surface area contributed by atoms with Gasteiger partial charge in [0, 0.05) is 32.8 Å². The topological polar surface area (TPSA) is 44.7 Å². The highest BCUT2D eigenvalue weighted by atomic mass is 16.5. The van der Waals surface area contributed by atoms with Gasteiger partial charge in [0.2, 0.25) is 0 Å². The summed E-state index contributed by atoms with van der Waals surface area (Å²) < 4.78 is 5.05. The largest absolute Gasteiger partial charge is 0.393 e. The molecule has 1 heterocycles. The van der Waals surface area contributed by atoms with Gasteiger partial charge in [-0.15, -0.1) is 0 Å². The highest BCUT2D eigenvalue weighted by Crippen LogP contribution is 2.09. The van der Waals surface area contributed by atoms with E-state index in [4.69, 9.17) is 4.74 Å². The first-order valence-corrected chi connectivity index (χ1v) is 6.85. The summed E-state index contributed by atoms with van der Waals surface area (Å²) in [5.41, 5.74) is 0. The lowest BCUT2D eigenvalue weighted by Gasteiger charge is -2.29. The maximum absolute atomic E-state index is 9.40. The molecule has 1 unspecified atom stereocenters.